The van der Waals surface area contributed by atoms with Crippen LogP contribution < -0.4 is 5.73 Å². The lowest BCUT2D eigenvalue weighted by Gasteiger charge is -1.81. The van der Waals surface area contributed by atoms with Crippen LogP contribution in [0.1, 0.15) is 5.56 Å². The Morgan fingerprint density at radius 1 is 1.40 bits per heavy atom. The van der Waals surface area contributed by atoms with Crippen LogP contribution in [0.3, 0.4) is 0 Å². The van der Waals surface area contributed by atoms with Crippen LogP contribution in [0.5, 0.6) is 0 Å². The van der Waals surface area contributed by atoms with Crippen molar-refractivity contribution in [3.8, 4) is 0 Å². The predicted molar refractivity (Wildman–Crippen MR) is 36.4 cm³/mol. The van der Waals surface area contributed by atoms with E-state index in [1.54, 1.807) is 12.5 Å². The van der Waals surface area contributed by atoms with Gasteiger partial charge < -0.3 is 14.6 Å². The van der Waals surface area contributed by atoms with Crippen molar-refractivity contribution in [2.45, 2.75) is 6.54 Å². The zero-order chi connectivity index (χ0) is 6.97. The molecule has 0 bridgehead atoms. The standard InChI is InChI=1S/C7H7NO2/c8-3-5-4-10-7-6(5)1-2-9-7/h1-2,4H,3,8H2. The van der Waals surface area contributed by atoms with Crippen LogP contribution in [0.25, 0.3) is 11.2 Å². The Hall–Kier alpha value is -1.22. The normalized spacial score (nSPS) is 10.9. The Bertz CT molecular complexity index is 334. The highest BCUT2D eigenvalue weighted by Crippen LogP contribution is 2.20. The summed E-state index contributed by atoms with van der Waals surface area (Å²) in [5, 5.41) is 0.975. The van der Waals surface area contributed by atoms with E-state index in [1.165, 1.54) is 0 Å². The van der Waals surface area contributed by atoms with Crippen molar-refractivity contribution < 1.29 is 8.83 Å². The van der Waals surface area contributed by atoms with E-state index in [2.05, 4.69) is 0 Å². The molecule has 2 aromatic heterocycles. The minimum atomic E-state index is 0.493. The van der Waals surface area contributed by atoms with Crippen LogP contribution in [0.2, 0.25) is 0 Å². The second-order valence-electron chi connectivity index (χ2n) is 2.09. The van der Waals surface area contributed by atoms with Gasteiger partial charge in [0.05, 0.1) is 11.6 Å². The van der Waals surface area contributed by atoms with E-state index >= 15 is 0 Å². The topological polar surface area (TPSA) is 52.3 Å². The zero-order valence-electron chi connectivity index (χ0n) is 5.33. The molecule has 0 saturated heterocycles. The third kappa shape index (κ3) is 0.579. The number of nitrogens with two attached hydrogens (primary N) is 1. The Morgan fingerprint density at radius 2 is 2.30 bits per heavy atom. The van der Waals surface area contributed by atoms with Gasteiger partial charge in [0.15, 0.2) is 0 Å². The summed E-state index contributed by atoms with van der Waals surface area (Å²) >= 11 is 0. The summed E-state index contributed by atoms with van der Waals surface area (Å²) in [6, 6.07) is 1.85. The smallest absolute Gasteiger partial charge is 0.297 e. The van der Waals surface area contributed by atoms with Crippen molar-refractivity contribution in [2.75, 3.05) is 0 Å². The lowest BCUT2D eigenvalue weighted by atomic mass is 10.2. The molecule has 0 unspecified atom stereocenters. The minimum Gasteiger partial charge on any atom is -0.433 e. The second-order valence-corrected chi connectivity index (χ2v) is 2.09. The van der Waals surface area contributed by atoms with Crippen LogP contribution in [-0.2, 0) is 6.54 Å². The summed E-state index contributed by atoms with van der Waals surface area (Å²) in [4.78, 5) is 0. The molecule has 10 heavy (non-hydrogen) atoms. The highest BCUT2D eigenvalue weighted by molar-refractivity contribution is 5.76. The maximum Gasteiger partial charge on any atom is 0.297 e. The lowest BCUT2D eigenvalue weighted by Crippen LogP contribution is -1.93. The van der Waals surface area contributed by atoms with E-state index in [4.69, 9.17) is 14.6 Å². The molecule has 0 saturated carbocycles. The first-order valence-electron chi connectivity index (χ1n) is 3.05. The van der Waals surface area contributed by atoms with Crippen LogP contribution in [-0.4, -0.2) is 0 Å². The highest BCUT2D eigenvalue weighted by atomic mass is 16.5. The highest BCUT2D eigenvalue weighted by Gasteiger charge is 2.04. The molecule has 52 valence electrons. The molecule has 0 aliphatic rings. The Kier molecular flexibility index (Phi) is 1.05. The molecule has 2 rings (SSSR count). The van der Waals surface area contributed by atoms with Crippen LogP contribution in [0, 0.1) is 0 Å². The fourth-order valence-corrected chi connectivity index (χ4v) is 0.971. The monoisotopic (exact) mass is 137 g/mol. The van der Waals surface area contributed by atoms with Gasteiger partial charge in [-0.3, -0.25) is 0 Å². The molecular formula is C7H7NO2. The largest absolute Gasteiger partial charge is 0.433 e. The van der Waals surface area contributed by atoms with E-state index < -0.39 is 0 Å². The number of hydrogen-bond acceptors (Lipinski definition) is 3. The fourth-order valence-electron chi connectivity index (χ4n) is 0.971. The van der Waals surface area contributed by atoms with Gasteiger partial charge in [0.2, 0.25) is 0 Å². The Morgan fingerprint density at radius 3 is 3.10 bits per heavy atom. The second kappa shape index (κ2) is 1.88. The molecule has 0 aromatic carbocycles. The van der Waals surface area contributed by atoms with Crippen molar-refractivity contribution >= 4 is 11.2 Å². The maximum atomic E-state index is 5.42. The molecule has 0 amide bonds. The van der Waals surface area contributed by atoms with E-state index in [1.807, 2.05) is 6.07 Å². The lowest BCUT2D eigenvalue weighted by molar-refractivity contribution is 0.476. The van der Waals surface area contributed by atoms with Crippen LogP contribution in [0.15, 0.2) is 27.4 Å². The fraction of sp³-hybridized carbons (Fsp3) is 0.143. The molecule has 0 aliphatic carbocycles. The Balaban J connectivity index is 2.76. The van der Waals surface area contributed by atoms with E-state index in [-0.39, 0.29) is 0 Å². The van der Waals surface area contributed by atoms with Crippen LogP contribution >= 0.6 is 0 Å². The van der Waals surface area contributed by atoms with Gasteiger partial charge in [-0.25, -0.2) is 0 Å². The van der Waals surface area contributed by atoms with Crippen molar-refractivity contribution in [3.63, 3.8) is 0 Å². The van der Waals surface area contributed by atoms with E-state index in [0.717, 1.165) is 10.9 Å². The van der Waals surface area contributed by atoms with E-state index in [9.17, 15) is 0 Å². The first kappa shape index (κ1) is 5.56. The first-order valence-corrected chi connectivity index (χ1v) is 3.05. The van der Waals surface area contributed by atoms with Gasteiger partial charge in [-0.15, -0.1) is 0 Å². The predicted octanol–water partition coefficient (Wildman–Crippen LogP) is 1.48. The van der Waals surface area contributed by atoms with Gasteiger partial charge in [-0.2, -0.15) is 0 Å². The summed E-state index contributed by atoms with van der Waals surface area (Å²) < 4.78 is 10.0. The first-order chi connectivity index (χ1) is 4.92. The average molecular weight is 137 g/mol. The number of fused-ring (bicyclic) bond motifs is 1. The molecule has 0 aliphatic heterocycles. The van der Waals surface area contributed by atoms with Gasteiger partial charge in [-0.1, -0.05) is 0 Å². The molecule has 2 heterocycles. The third-order valence-electron chi connectivity index (χ3n) is 1.50. The summed E-state index contributed by atoms with van der Waals surface area (Å²) in [6.07, 6.45) is 3.21. The number of hydrogen-bond donors (Lipinski definition) is 1. The molecule has 2 aromatic rings. The van der Waals surface area contributed by atoms with Crippen LogP contribution in [0.4, 0.5) is 0 Å². The maximum absolute atomic E-state index is 5.42. The van der Waals surface area contributed by atoms with Crippen molar-refractivity contribution in [1.82, 2.24) is 0 Å². The van der Waals surface area contributed by atoms with E-state index in [0.29, 0.717) is 12.3 Å². The number of rotatable bonds is 1. The zero-order valence-corrected chi connectivity index (χ0v) is 5.33. The van der Waals surface area contributed by atoms with Gasteiger partial charge in [0.1, 0.15) is 6.26 Å². The summed E-state index contributed by atoms with van der Waals surface area (Å²) in [6.45, 7) is 0.493. The molecule has 0 radical (unpaired) electrons. The van der Waals surface area contributed by atoms with Gasteiger partial charge in [0.25, 0.3) is 5.78 Å². The third-order valence-corrected chi connectivity index (χ3v) is 1.50. The Labute approximate surface area is 57.4 Å². The van der Waals surface area contributed by atoms with Gasteiger partial charge in [-0.05, 0) is 6.07 Å². The minimum absolute atomic E-state index is 0.493. The summed E-state index contributed by atoms with van der Waals surface area (Å²) in [5.74, 6) is 0.556. The number of furan rings is 2. The quantitative estimate of drug-likeness (QED) is 0.647. The SMILES string of the molecule is NCc1coc2occc12. The molecule has 3 nitrogen and oxygen atoms in total. The molecule has 0 fully saturated rings. The summed E-state index contributed by atoms with van der Waals surface area (Å²) in [5.41, 5.74) is 6.41. The molecule has 2 N–H and O–H groups in total. The molecule has 3 heteroatoms. The average Bonchev–Trinajstić information content (AvgIpc) is 2.44. The van der Waals surface area contributed by atoms with Crippen molar-refractivity contribution in [3.05, 3.63) is 24.2 Å². The van der Waals surface area contributed by atoms with Gasteiger partial charge >= 0.3 is 0 Å². The van der Waals surface area contributed by atoms with Crippen molar-refractivity contribution in [1.29, 1.82) is 0 Å². The summed E-state index contributed by atoms with van der Waals surface area (Å²) in [7, 11) is 0. The van der Waals surface area contributed by atoms with Gasteiger partial charge in [0, 0.05) is 12.1 Å². The molecule has 0 atom stereocenters. The molecule has 0 spiro atoms. The molecular weight excluding hydrogens is 130 g/mol. The van der Waals surface area contributed by atoms with Crippen molar-refractivity contribution in [2.24, 2.45) is 5.73 Å².